The van der Waals surface area contributed by atoms with Crippen molar-refractivity contribution in [3.05, 3.63) is 133 Å². The molecule has 0 aliphatic heterocycles. The zero-order valence-corrected chi connectivity index (χ0v) is 31.5. The number of hydrogen-bond donors (Lipinski definition) is 0. The SMILES string of the molecule is CC(C)c1cc(-c2[c-]cccc2)nc[c]1[Ge]([CH3])([CH3])[CH3].Cc1ccnc(-c2[c-]cnc3c2oc2cccc(-c4ccccc4)c23)c1.[Ir]. The average molecular weight is 841 g/mol. The Bertz CT molecular complexity index is 2080. The predicted molar refractivity (Wildman–Crippen MR) is 189 cm³/mol. The van der Waals surface area contributed by atoms with E-state index < -0.39 is 13.3 Å². The summed E-state index contributed by atoms with van der Waals surface area (Å²) in [6.07, 6.45) is 5.63. The van der Waals surface area contributed by atoms with Gasteiger partial charge in [0.25, 0.3) is 0 Å². The molecule has 7 aromatic rings. The Labute approximate surface area is 288 Å². The van der Waals surface area contributed by atoms with E-state index in [1.165, 1.54) is 9.96 Å². The van der Waals surface area contributed by atoms with Crippen molar-refractivity contribution in [1.82, 2.24) is 15.0 Å². The van der Waals surface area contributed by atoms with Gasteiger partial charge in [0.1, 0.15) is 5.58 Å². The molecule has 0 atom stereocenters. The van der Waals surface area contributed by atoms with E-state index in [2.05, 4.69) is 102 Å². The van der Waals surface area contributed by atoms with Gasteiger partial charge >= 0.3 is 119 Å². The predicted octanol–water partition coefficient (Wildman–Crippen LogP) is 10.0. The van der Waals surface area contributed by atoms with Crippen molar-refractivity contribution in [3.8, 4) is 33.6 Å². The number of fused-ring (bicyclic) bond motifs is 3. The maximum absolute atomic E-state index is 6.21. The summed E-state index contributed by atoms with van der Waals surface area (Å²) in [5, 5.41) is 1.02. The number of aromatic nitrogens is 3. The molecule has 46 heavy (non-hydrogen) atoms. The third kappa shape index (κ3) is 7.07. The minimum Gasteiger partial charge on any atom is -0.513 e. The van der Waals surface area contributed by atoms with E-state index in [1.54, 1.807) is 6.20 Å². The average Bonchev–Trinajstić information content (AvgIpc) is 3.44. The number of furan rings is 1. The Hall–Kier alpha value is -3.90. The quantitative estimate of drug-likeness (QED) is 0.128. The van der Waals surface area contributed by atoms with E-state index in [0.29, 0.717) is 5.92 Å². The van der Waals surface area contributed by atoms with Gasteiger partial charge in [0.2, 0.25) is 0 Å². The van der Waals surface area contributed by atoms with Crippen LogP contribution in [0.1, 0.15) is 30.9 Å². The Balaban J connectivity index is 0.000000187. The standard InChI is InChI=1S/C23H15N2O.C17H22GeN.Ir/c1-15-10-12-24-19(14-15)18-11-13-25-22-21-17(16-6-3-2-4-7-16)8-5-9-20(21)26-23(18)22;1-13(2)15-11-17(14-9-7-6-8-10-14)19-12-16(15)18(3,4)5;/h2-10,12-14H,1H3;6-9,11-13H,1-5H3;/q2*-1;. The number of rotatable bonds is 5. The molecule has 0 saturated heterocycles. The summed E-state index contributed by atoms with van der Waals surface area (Å²) in [5.41, 5.74) is 11.1. The Morgan fingerprint density at radius 2 is 1.57 bits per heavy atom. The van der Waals surface area contributed by atoms with E-state index in [4.69, 9.17) is 4.42 Å². The maximum Gasteiger partial charge on any atom is 0.120 e. The van der Waals surface area contributed by atoms with Crippen molar-refractivity contribution < 1.29 is 24.5 Å². The van der Waals surface area contributed by atoms with Crippen LogP contribution in [0.2, 0.25) is 17.3 Å². The molecular formula is C40H37GeIrN3O-2. The molecule has 4 nitrogen and oxygen atoms in total. The third-order valence-corrected chi connectivity index (χ3v) is 12.2. The summed E-state index contributed by atoms with van der Waals surface area (Å²) in [4.78, 5) is 13.8. The molecule has 0 N–H and O–H groups in total. The summed E-state index contributed by atoms with van der Waals surface area (Å²) in [6, 6.07) is 37.2. The van der Waals surface area contributed by atoms with Gasteiger partial charge < -0.3 is 9.40 Å². The van der Waals surface area contributed by atoms with Crippen LogP contribution in [0.15, 0.2) is 114 Å². The second kappa shape index (κ2) is 14.3. The molecular weight excluding hydrogens is 803 g/mol. The molecule has 0 amide bonds. The molecule has 233 valence electrons. The first kappa shape index (κ1) is 33.5. The van der Waals surface area contributed by atoms with Crippen LogP contribution < -0.4 is 4.40 Å². The molecule has 0 aliphatic carbocycles. The first-order chi connectivity index (χ1) is 21.7. The molecule has 0 spiro atoms. The fourth-order valence-electron chi connectivity index (χ4n) is 5.65. The Morgan fingerprint density at radius 3 is 2.26 bits per heavy atom. The maximum atomic E-state index is 6.21. The number of aryl methyl sites for hydroxylation is 1. The molecule has 3 aromatic carbocycles. The second-order valence-electron chi connectivity index (χ2n) is 12.7. The van der Waals surface area contributed by atoms with Gasteiger partial charge in [0, 0.05) is 31.7 Å². The van der Waals surface area contributed by atoms with Gasteiger partial charge in [-0.3, -0.25) is 4.98 Å². The van der Waals surface area contributed by atoms with Crippen molar-refractivity contribution in [1.29, 1.82) is 0 Å². The summed E-state index contributed by atoms with van der Waals surface area (Å²) >= 11 is -1.85. The third-order valence-electron chi connectivity index (χ3n) is 7.93. The van der Waals surface area contributed by atoms with Crippen LogP contribution in [-0.2, 0) is 20.1 Å². The van der Waals surface area contributed by atoms with Gasteiger partial charge in [-0.15, -0.1) is 5.56 Å². The van der Waals surface area contributed by atoms with Crippen LogP contribution in [0.25, 0.3) is 55.7 Å². The number of benzene rings is 3. The van der Waals surface area contributed by atoms with Crippen LogP contribution in [0, 0.1) is 19.1 Å². The van der Waals surface area contributed by atoms with Crippen molar-refractivity contribution in [3.63, 3.8) is 0 Å². The fourth-order valence-corrected chi connectivity index (χ4v) is 9.17. The van der Waals surface area contributed by atoms with E-state index in [9.17, 15) is 0 Å². The molecule has 0 saturated carbocycles. The normalized spacial score (nSPS) is 11.3. The van der Waals surface area contributed by atoms with Gasteiger partial charge in [0.05, 0.1) is 11.1 Å². The van der Waals surface area contributed by atoms with Gasteiger partial charge in [-0.1, -0.05) is 54.1 Å². The van der Waals surface area contributed by atoms with Crippen LogP contribution in [-0.4, -0.2) is 28.2 Å². The summed E-state index contributed by atoms with van der Waals surface area (Å²) < 4.78 is 7.73. The smallest absolute Gasteiger partial charge is 0.120 e. The number of nitrogens with zero attached hydrogens (tertiary/aromatic N) is 3. The van der Waals surface area contributed by atoms with E-state index in [0.717, 1.165) is 61.3 Å². The number of pyridine rings is 3. The number of hydrogen-bond acceptors (Lipinski definition) is 4. The molecule has 0 unspecified atom stereocenters. The molecule has 0 fully saturated rings. The Morgan fingerprint density at radius 1 is 0.783 bits per heavy atom. The van der Waals surface area contributed by atoms with Crippen LogP contribution >= 0.6 is 0 Å². The summed E-state index contributed by atoms with van der Waals surface area (Å²) in [7, 11) is 0. The molecule has 1 radical (unpaired) electrons. The van der Waals surface area contributed by atoms with Gasteiger partial charge in [-0.05, 0) is 42.1 Å². The van der Waals surface area contributed by atoms with E-state index in [-0.39, 0.29) is 20.1 Å². The minimum atomic E-state index is -1.85. The molecule has 0 bridgehead atoms. The zero-order valence-electron chi connectivity index (χ0n) is 27.1. The molecule has 0 aliphatic rings. The molecule has 7 rings (SSSR count). The van der Waals surface area contributed by atoms with E-state index >= 15 is 0 Å². The van der Waals surface area contributed by atoms with Crippen molar-refractivity contribution in [2.75, 3.05) is 0 Å². The largest absolute Gasteiger partial charge is 0.513 e. The van der Waals surface area contributed by atoms with Crippen molar-refractivity contribution in [2.45, 2.75) is 44.0 Å². The van der Waals surface area contributed by atoms with Crippen LogP contribution in [0.3, 0.4) is 0 Å². The Kier molecular flexibility index (Phi) is 10.4. The summed E-state index contributed by atoms with van der Waals surface area (Å²) in [6.45, 7) is 6.59. The first-order valence-corrected chi connectivity index (χ1v) is 22.7. The van der Waals surface area contributed by atoms with Crippen LogP contribution in [0.5, 0.6) is 0 Å². The van der Waals surface area contributed by atoms with Gasteiger partial charge in [0.15, 0.2) is 0 Å². The minimum absolute atomic E-state index is 0. The fraction of sp³-hybridized carbons (Fsp3) is 0.175. The van der Waals surface area contributed by atoms with E-state index in [1.807, 2.05) is 66.9 Å². The molecule has 6 heteroatoms. The van der Waals surface area contributed by atoms with Crippen molar-refractivity contribution >= 4 is 39.7 Å². The summed E-state index contributed by atoms with van der Waals surface area (Å²) in [5.74, 6) is 7.83. The topological polar surface area (TPSA) is 51.8 Å². The second-order valence-corrected chi connectivity index (χ2v) is 23.2. The van der Waals surface area contributed by atoms with Crippen LogP contribution in [0.4, 0.5) is 0 Å². The van der Waals surface area contributed by atoms with Crippen molar-refractivity contribution in [2.24, 2.45) is 0 Å². The van der Waals surface area contributed by atoms with Gasteiger partial charge in [-0.25, -0.2) is 0 Å². The first-order valence-electron chi connectivity index (χ1n) is 15.4. The zero-order chi connectivity index (χ0) is 31.6. The molecule has 4 aromatic heterocycles. The van der Waals surface area contributed by atoms with Gasteiger partial charge in [-0.2, -0.15) is 6.07 Å². The monoisotopic (exact) mass is 842 g/mol. The molecule has 4 heterocycles.